The van der Waals surface area contributed by atoms with E-state index in [9.17, 15) is 4.79 Å². The van der Waals surface area contributed by atoms with Crippen LogP contribution in [0.5, 0.6) is 0 Å². The van der Waals surface area contributed by atoms with Crippen molar-refractivity contribution < 1.29 is 9.53 Å². The number of carbonyl (C=O) groups excluding carboxylic acids is 1. The second-order valence-electron chi connectivity index (χ2n) is 5.91. The van der Waals surface area contributed by atoms with Gasteiger partial charge in [0.2, 0.25) is 0 Å². The fourth-order valence-electron chi connectivity index (χ4n) is 2.77. The third kappa shape index (κ3) is 3.75. The summed E-state index contributed by atoms with van der Waals surface area (Å²) in [6.07, 6.45) is 2.37. The number of fused-ring (bicyclic) bond motifs is 1. The van der Waals surface area contributed by atoms with Crippen LogP contribution in [-0.4, -0.2) is 28.0 Å². The molecule has 25 heavy (non-hydrogen) atoms. The zero-order valence-electron chi connectivity index (χ0n) is 14.2. The topological polar surface area (TPSA) is 69.6 Å². The number of aryl methyl sites for hydroxylation is 1. The minimum absolute atomic E-state index is 0.318. The van der Waals surface area contributed by atoms with Crippen molar-refractivity contribution in [2.75, 3.05) is 6.61 Å². The van der Waals surface area contributed by atoms with Crippen molar-refractivity contribution >= 4 is 27.5 Å². The van der Waals surface area contributed by atoms with Crippen LogP contribution in [-0.2, 0) is 16.0 Å². The van der Waals surface area contributed by atoms with Crippen LogP contribution in [0.25, 0.3) is 16.9 Å². The molecule has 0 saturated heterocycles. The molecule has 5 nitrogen and oxygen atoms in total. The molecule has 1 atom stereocenters. The van der Waals surface area contributed by atoms with E-state index in [-0.39, 0.29) is 0 Å². The molecule has 2 aromatic heterocycles. The lowest BCUT2D eigenvalue weighted by atomic mass is 10.1. The number of hydrogen-bond donors (Lipinski definition) is 1. The number of hydrogen-bond acceptors (Lipinski definition) is 4. The predicted octanol–water partition coefficient (Wildman–Crippen LogP) is 3.51. The van der Waals surface area contributed by atoms with Crippen LogP contribution in [0.4, 0.5) is 0 Å². The van der Waals surface area contributed by atoms with Gasteiger partial charge < -0.3 is 14.9 Å². The number of imidazole rings is 1. The van der Waals surface area contributed by atoms with E-state index in [4.69, 9.17) is 15.5 Å². The Hall–Kier alpha value is -2.18. The van der Waals surface area contributed by atoms with Crippen molar-refractivity contribution in [2.24, 2.45) is 5.73 Å². The first-order chi connectivity index (χ1) is 12.0. The van der Waals surface area contributed by atoms with Gasteiger partial charge in [-0.3, -0.25) is 4.79 Å². The zero-order chi connectivity index (χ0) is 18.0. The second-order valence-corrected chi connectivity index (χ2v) is 6.83. The number of carbonyl (C=O) groups is 1. The number of pyridine rings is 1. The van der Waals surface area contributed by atoms with E-state index in [0.29, 0.717) is 13.0 Å². The molecular formula is C19H20BrN3O2. The molecule has 0 radical (unpaired) electrons. The number of aromatic nitrogens is 2. The number of benzene rings is 1. The summed E-state index contributed by atoms with van der Waals surface area (Å²) in [7, 11) is 0. The van der Waals surface area contributed by atoms with Gasteiger partial charge in [-0.2, -0.15) is 0 Å². The minimum atomic E-state index is -0.727. The van der Waals surface area contributed by atoms with Crippen LogP contribution in [0.15, 0.2) is 47.1 Å². The molecule has 0 amide bonds. The minimum Gasteiger partial charge on any atom is -0.465 e. The fraction of sp³-hybridized carbons (Fsp3) is 0.263. The Morgan fingerprint density at radius 1 is 1.28 bits per heavy atom. The van der Waals surface area contributed by atoms with Gasteiger partial charge in [-0.15, -0.1) is 0 Å². The van der Waals surface area contributed by atoms with Crippen LogP contribution in [0.2, 0.25) is 0 Å². The Morgan fingerprint density at radius 3 is 2.68 bits per heavy atom. The predicted molar refractivity (Wildman–Crippen MR) is 101 cm³/mol. The Balaban J connectivity index is 2.09. The lowest BCUT2D eigenvalue weighted by molar-refractivity contribution is -0.144. The molecule has 2 heterocycles. The van der Waals surface area contributed by atoms with E-state index < -0.39 is 12.0 Å². The first kappa shape index (κ1) is 17.6. The van der Waals surface area contributed by atoms with E-state index >= 15 is 0 Å². The molecule has 1 unspecified atom stereocenters. The number of nitrogens with zero attached hydrogens (tertiary/aromatic N) is 2. The summed E-state index contributed by atoms with van der Waals surface area (Å²) in [4.78, 5) is 16.7. The van der Waals surface area contributed by atoms with Gasteiger partial charge in [0.25, 0.3) is 0 Å². The molecule has 0 aliphatic rings. The molecule has 0 saturated carbocycles. The lowest BCUT2D eigenvalue weighted by Crippen LogP contribution is -2.34. The second kappa shape index (κ2) is 7.37. The molecule has 3 aromatic rings. The standard InChI is InChI=1S/C19H20BrN3O2/c1-3-25-19(24)15(21)10-16-18(13-5-7-14(20)8-6-13)22-17-9-4-12(2)11-23(16)17/h4-9,11,15H,3,10,21H2,1-2H3. The molecule has 3 rings (SSSR count). The normalized spacial score (nSPS) is 12.3. The summed E-state index contributed by atoms with van der Waals surface area (Å²) in [5.74, 6) is -0.396. The molecular weight excluding hydrogens is 382 g/mol. The summed E-state index contributed by atoms with van der Waals surface area (Å²) in [5, 5.41) is 0. The Labute approximate surface area is 154 Å². The Bertz CT molecular complexity index is 903. The molecule has 6 heteroatoms. The van der Waals surface area contributed by atoms with Gasteiger partial charge in [-0.05, 0) is 37.6 Å². The lowest BCUT2D eigenvalue weighted by Gasteiger charge is -2.12. The summed E-state index contributed by atoms with van der Waals surface area (Å²) >= 11 is 3.45. The molecule has 2 N–H and O–H groups in total. The molecule has 1 aromatic carbocycles. The van der Waals surface area contributed by atoms with Gasteiger partial charge in [0.1, 0.15) is 11.7 Å². The van der Waals surface area contributed by atoms with Crippen molar-refractivity contribution in [3.8, 4) is 11.3 Å². The number of nitrogens with two attached hydrogens (primary N) is 1. The Morgan fingerprint density at radius 2 is 2.00 bits per heavy atom. The summed E-state index contributed by atoms with van der Waals surface area (Å²) in [6.45, 7) is 4.11. The highest BCUT2D eigenvalue weighted by atomic mass is 79.9. The highest BCUT2D eigenvalue weighted by Crippen LogP contribution is 2.27. The van der Waals surface area contributed by atoms with Crippen molar-refractivity contribution in [1.29, 1.82) is 0 Å². The maximum absolute atomic E-state index is 12.0. The monoisotopic (exact) mass is 401 g/mol. The largest absolute Gasteiger partial charge is 0.465 e. The van der Waals surface area contributed by atoms with Gasteiger partial charge >= 0.3 is 5.97 Å². The number of halogens is 1. The quantitative estimate of drug-likeness (QED) is 0.664. The van der Waals surface area contributed by atoms with Crippen molar-refractivity contribution in [3.05, 3.63) is 58.3 Å². The van der Waals surface area contributed by atoms with Crippen LogP contribution < -0.4 is 5.73 Å². The highest BCUT2D eigenvalue weighted by molar-refractivity contribution is 9.10. The van der Waals surface area contributed by atoms with Crippen LogP contribution in [0.3, 0.4) is 0 Å². The molecule has 0 spiro atoms. The van der Waals surface area contributed by atoms with Gasteiger partial charge in [-0.25, -0.2) is 4.98 Å². The summed E-state index contributed by atoms with van der Waals surface area (Å²) < 4.78 is 8.06. The average Bonchev–Trinajstić information content (AvgIpc) is 2.93. The smallest absolute Gasteiger partial charge is 0.323 e. The zero-order valence-corrected chi connectivity index (χ0v) is 15.8. The van der Waals surface area contributed by atoms with Gasteiger partial charge in [-0.1, -0.05) is 34.1 Å². The van der Waals surface area contributed by atoms with Crippen LogP contribution in [0.1, 0.15) is 18.2 Å². The Kier molecular flexibility index (Phi) is 5.20. The van der Waals surface area contributed by atoms with Crippen LogP contribution in [0, 0.1) is 6.92 Å². The van der Waals surface area contributed by atoms with E-state index in [1.807, 2.05) is 53.9 Å². The number of rotatable bonds is 5. The average molecular weight is 402 g/mol. The van der Waals surface area contributed by atoms with Crippen molar-refractivity contribution in [2.45, 2.75) is 26.3 Å². The summed E-state index contributed by atoms with van der Waals surface area (Å²) in [5.41, 5.74) is 10.7. The fourth-order valence-corrected chi connectivity index (χ4v) is 3.04. The van der Waals surface area contributed by atoms with Crippen LogP contribution >= 0.6 is 15.9 Å². The van der Waals surface area contributed by atoms with Crippen molar-refractivity contribution in [1.82, 2.24) is 9.38 Å². The van der Waals surface area contributed by atoms with Gasteiger partial charge in [0, 0.05) is 22.7 Å². The summed E-state index contributed by atoms with van der Waals surface area (Å²) in [6, 6.07) is 11.2. The molecule has 0 bridgehead atoms. The third-order valence-corrected chi connectivity index (χ3v) is 4.51. The third-order valence-electron chi connectivity index (χ3n) is 3.99. The van der Waals surface area contributed by atoms with Crippen molar-refractivity contribution in [3.63, 3.8) is 0 Å². The van der Waals surface area contributed by atoms with Gasteiger partial charge in [0.15, 0.2) is 0 Å². The first-order valence-electron chi connectivity index (χ1n) is 8.15. The van der Waals surface area contributed by atoms with E-state index in [0.717, 1.165) is 32.6 Å². The van der Waals surface area contributed by atoms with E-state index in [1.54, 1.807) is 6.92 Å². The highest BCUT2D eigenvalue weighted by Gasteiger charge is 2.21. The maximum atomic E-state index is 12.0. The number of esters is 1. The molecule has 0 fully saturated rings. The SMILES string of the molecule is CCOC(=O)C(N)Cc1c(-c2ccc(Br)cc2)nc2ccc(C)cn12. The van der Waals surface area contributed by atoms with E-state index in [1.165, 1.54) is 0 Å². The van der Waals surface area contributed by atoms with E-state index in [2.05, 4.69) is 15.9 Å². The number of ether oxygens (including phenoxy) is 1. The van der Waals surface area contributed by atoms with Gasteiger partial charge in [0.05, 0.1) is 18.0 Å². The maximum Gasteiger partial charge on any atom is 0.323 e. The molecule has 0 aliphatic heterocycles. The first-order valence-corrected chi connectivity index (χ1v) is 8.94. The molecule has 130 valence electrons. The molecule has 0 aliphatic carbocycles.